The van der Waals surface area contributed by atoms with Gasteiger partial charge in [-0.2, -0.15) is 25.3 Å². The van der Waals surface area contributed by atoms with Crippen LogP contribution in [0.15, 0.2) is 78.3 Å². The molecule has 17 N–H and O–H groups in total. The lowest BCUT2D eigenvalue weighted by atomic mass is 10.0. The second-order valence-electron chi connectivity index (χ2n) is 18.5. The molecule has 2 aromatic heterocycles. The Balaban J connectivity index is 1.57. The summed E-state index contributed by atoms with van der Waals surface area (Å²) >= 11 is 8.48. The lowest BCUT2D eigenvalue weighted by Crippen LogP contribution is -2.61. The lowest BCUT2D eigenvalue weighted by molar-refractivity contribution is -0.136. The van der Waals surface area contributed by atoms with E-state index in [-0.39, 0.29) is 81.9 Å². The molecule has 4 aromatic rings. The first kappa shape index (κ1) is 60.7. The molecule has 0 aliphatic carbocycles. The molecule has 0 spiro atoms. The smallest absolute Gasteiger partial charge is 0.244 e. The number of para-hydroxylation sites is 1. The number of nitrogens with zero attached hydrogens (tertiary/aromatic N) is 2. The van der Waals surface area contributed by atoms with Gasteiger partial charge in [-0.15, -0.1) is 0 Å². The minimum Gasteiger partial charge on any atom is -0.370 e. The number of H-pyrrole nitrogens is 2. The SMILES string of the molecule is CC(=O)N[C@@H](CS)C(=O)NC1CC(=O)NCCCCC(C(N)=O)NC(=O)[C@H](CS)NC(=O)[C@H](Cc2c[nH]c3ccccc23)NC(=O)C(CCCN=C(N)N)NC(=O)[C@@H](Cc2ccccc2)NC(=O)C(Cc2cnc[nH]2)NC1=O. The summed E-state index contributed by atoms with van der Waals surface area (Å²) in [5, 5.41) is 24.3. The third kappa shape index (κ3) is 19.2. The summed E-state index contributed by atoms with van der Waals surface area (Å²) in [5.74, 6) is -9.01. The number of carbonyl (C=O) groups excluding carboxylic acids is 10. The molecule has 1 aliphatic rings. The van der Waals surface area contributed by atoms with Crippen LogP contribution < -0.4 is 65.1 Å². The highest BCUT2D eigenvalue weighted by Gasteiger charge is 2.36. The second kappa shape index (κ2) is 30.6. The van der Waals surface area contributed by atoms with Gasteiger partial charge in [-0.3, -0.25) is 52.9 Å². The van der Waals surface area contributed by atoms with Crippen molar-refractivity contribution in [2.24, 2.45) is 22.2 Å². The predicted octanol–water partition coefficient (Wildman–Crippen LogP) is -3.09. The zero-order valence-electron chi connectivity index (χ0n) is 42.8. The minimum atomic E-state index is -1.65. The molecule has 8 atom stereocenters. The van der Waals surface area contributed by atoms with Gasteiger partial charge in [-0.25, -0.2) is 4.98 Å². The highest BCUT2D eigenvalue weighted by Crippen LogP contribution is 2.20. The van der Waals surface area contributed by atoms with E-state index in [1.165, 1.54) is 19.4 Å². The zero-order chi connectivity index (χ0) is 56.7. The van der Waals surface area contributed by atoms with Crippen molar-refractivity contribution >= 4 is 101 Å². The maximum absolute atomic E-state index is 14.8. The van der Waals surface area contributed by atoms with Crippen LogP contribution >= 0.6 is 25.3 Å². The van der Waals surface area contributed by atoms with E-state index in [9.17, 15) is 47.9 Å². The van der Waals surface area contributed by atoms with Gasteiger partial charge in [0, 0.05) is 79.8 Å². The van der Waals surface area contributed by atoms with E-state index < -0.39 is 114 Å². The van der Waals surface area contributed by atoms with Crippen molar-refractivity contribution in [1.82, 2.24) is 62.8 Å². The summed E-state index contributed by atoms with van der Waals surface area (Å²) in [7, 11) is 0. The number of hydrogen-bond donors (Lipinski definition) is 16. The number of amides is 10. The third-order valence-corrected chi connectivity index (χ3v) is 13.2. The summed E-state index contributed by atoms with van der Waals surface area (Å²) in [6, 6.07) is 4.55. The summed E-state index contributed by atoms with van der Waals surface area (Å²) in [5.41, 5.74) is 19.2. The average molecular weight is 1120 g/mol. The number of hydrogen-bond acceptors (Lipinski definition) is 14. The number of benzene rings is 2. The number of guanidine groups is 1. The van der Waals surface area contributed by atoms with Crippen LogP contribution in [0.3, 0.4) is 0 Å². The number of nitrogens with two attached hydrogens (primary N) is 3. The van der Waals surface area contributed by atoms with E-state index in [2.05, 4.69) is 93.1 Å². The van der Waals surface area contributed by atoms with Crippen LogP contribution in [-0.4, -0.2) is 153 Å². The standard InChI is InChI=1S/C50H68N16O10S2/c1-27(67)59-39(24-77)48(75)65-38-21-41(68)55-16-8-7-14-33(42(51)69)60-49(76)40(25-78)66-45(72)36(19-29-22-57-32-13-6-5-12-31(29)32)63-43(70)34(15-9-17-56-50(52)53)61-44(71)35(18-28-10-3-2-4-11-28)62-46(73)37(64-47(38)74)20-30-23-54-26-58-30/h2-6,10-13,22-23,26,33-40,57,77-78H,7-9,14-21,24-25H2,1H3,(H2,51,69)(H,54,58)(H,55,68)(H,59,67)(H,60,76)(H,61,71)(H,62,73)(H,63,70)(H,64,74)(H,65,75)(H,66,72)(H4,52,53,56)/t33?,34?,35-,36+,37?,38?,39+,40+/m1/s1. The first-order chi connectivity index (χ1) is 37.3. The maximum Gasteiger partial charge on any atom is 0.244 e. The number of primary amides is 1. The second-order valence-corrected chi connectivity index (χ2v) is 19.2. The van der Waals surface area contributed by atoms with Crippen LogP contribution in [0.5, 0.6) is 0 Å². The van der Waals surface area contributed by atoms with Crippen LogP contribution in [-0.2, 0) is 67.2 Å². The van der Waals surface area contributed by atoms with Gasteiger partial charge in [-0.1, -0.05) is 48.5 Å². The molecular formula is C50H68N16O10S2. The van der Waals surface area contributed by atoms with Crippen molar-refractivity contribution in [1.29, 1.82) is 0 Å². The summed E-state index contributed by atoms with van der Waals surface area (Å²) in [6.07, 6.45) is 3.72. The molecule has 4 unspecified atom stereocenters. The normalized spacial score (nSPS) is 22.2. The van der Waals surface area contributed by atoms with E-state index >= 15 is 0 Å². The van der Waals surface area contributed by atoms with Gasteiger partial charge in [0.15, 0.2) is 5.96 Å². The molecule has 420 valence electrons. The number of nitrogens with one attached hydrogen (secondary N) is 11. The van der Waals surface area contributed by atoms with E-state index in [0.717, 1.165) is 10.9 Å². The number of fused-ring (bicyclic) bond motifs is 1. The molecule has 28 heteroatoms. The van der Waals surface area contributed by atoms with Crippen LogP contribution in [0.2, 0.25) is 0 Å². The molecule has 1 aliphatic heterocycles. The molecule has 1 fully saturated rings. The average Bonchev–Trinajstić information content (AvgIpc) is 4.09. The maximum atomic E-state index is 14.8. The monoisotopic (exact) mass is 1120 g/mol. The Hall–Kier alpha value is -8.14. The van der Waals surface area contributed by atoms with E-state index in [0.29, 0.717) is 16.8 Å². The molecule has 26 nitrogen and oxygen atoms in total. The largest absolute Gasteiger partial charge is 0.370 e. The zero-order valence-corrected chi connectivity index (χ0v) is 44.6. The lowest BCUT2D eigenvalue weighted by Gasteiger charge is -2.28. The number of imidazole rings is 1. The Kier molecular flexibility index (Phi) is 23.8. The first-order valence-electron chi connectivity index (χ1n) is 25.1. The number of thiol groups is 2. The molecule has 5 rings (SSSR count). The highest BCUT2D eigenvalue weighted by atomic mass is 32.1. The van der Waals surface area contributed by atoms with Gasteiger partial charge in [0.05, 0.1) is 12.7 Å². The Morgan fingerprint density at radius 3 is 1.99 bits per heavy atom. The first-order valence-corrected chi connectivity index (χ1v) is 26.4. The Morgan fingerprint density at radius 1 is 0.731 bits per heavy atom. The minimum absolute atomic E-state index is 0.00106. The predicted molar refractivity (Wildman–Crippen MR) is 294 cm³/mol. The molecule has 1 saturated heterocycles. The van der Waals surface area contributed by atoms with Crippen molar-refractivity contribution in [2.45, 2.75) is 113 Å². The molecule has 0 saturated carbocycles. The van der Waals surface area contributed by atoms with E-state index in [1.54, 1.807) is 42.6 Å². The fourth-order valence-corrected chi connectivity index (χ4v) is 8.89. The van der Waals surface area contributed by atoms with E-state index in [4.69, 9.17) is 17.2 Å². The van der Waals surface area contributed by atoms with Crippen molar-refractivity contribution in [2.75, 3.05) is 24.6 Å². The number of aromatic nitrogens is 3. The van der Waals surface area contributed by atoms with Gasteiger partial charge in [0.25, 0.3) is 0 Å². The molecule has 0 bridgehead atoms. The Morgan fingerprint density at radius 2 is 1.35 bits per heavy atom. The molecule has 0 radical (unpaired) electrons. The van der Waals surface area contributed by atoms with Crippen LogP contribution in [0.25, 0.3) is 10.9 Å². The number of aliphatic imine (C=N–C) groups is 1. The fraction of sp³-hybridized carbons (Fsp3) is 0.440. The van der Waals surface area contributed by atoms with Crippen molar-refractivity contribution < 1.29 is 47.9 Å². The number of carbonyl (C=O) groups is 10. The fourth-order valence-electron chi connectivity index (χ4n) is 8.38. The number of rotatable bonds is 16. The van der Waals surface area contributed by atoms with Crippen LogP contribution in [0.1, 0.15) is 62.3 Å². The Bertz CT molecular complexity index is 2760. The topological polar surface area (TPSA) is 414 Å². The van der Waals surface area contributed by atoms with Crippen LogP contribution in [0.4, 0.5) is 0 Å². The molecule has 78 heavy (non-hydrogen) atoms. The van der Waals surface area contributed by atoms with Gasteiger partial charge in [0.1, 0.15) is 48.3 Å². The highest BCUT2D eigenvalue weighted by molar-refractivity contribution is 7.80. The van der Waals surface area contributed by atoms with Gasteiger partial charge >= 0.3 is 0 Å². The van der Waals surface area contributed by atoms with Crippen molar-refractivity contribution in [3.63, 3.8) is 0 Å². The molecule has 2 aromatic carbocycles. The van der Waals surface area contributed by atoms with Crippen LogP contribution in [0, 0.1) is 0 Å². The van der Waals surface area contributed by atoms with Crippen molar-refractivity contribution in [3.8, 4) is 0 Å². The summed E-state index contributed by atoms with van der Waals surface area (Å²) < 4.78 is 0. The third-order valence-electron chi connectivity index (χ3n) is 12.5. The van der Waals surface area contributed by atoms with E-state index in [1.807, 2.05) is 18.2 Å². The Labute approximate surface area is 460 Å². The molecule has 10 amide bonds. The quantitative estimate of drug-likeness (QED) is 0.0229. The van der Waals surface area contributed by atoms with Gasteiger partial charge in [-0.05, 0) is 49.3 Å². The molecular weight excluding hydrogens is 1050 g/mol. The number of aromatic amines is 2. The van der Waals surface area contributed by atoms with Crippen molar-refractivity contribution in [3.05, 3.63) is 90.1 Å². The van der Waals surface area contributed by atoms with Gasteiger partial charge < -0.3 is 75.0 Å². The van der Waals surface area contributed by atoms with Gasteiger partial charge in [0.2, 0.25) is 59.1 Å². The molecule has 3 heterocycles. The summed E-state index contributed by atoms with van der Waals surface area (Å²) in [6.45, 7) is 1.20. The summed E-state index contributed by atoms with van der Waals surface area (Å²) in [4.78, 5) is 152.